The lowest BCUT2D eigenvalue weighted by Crippen LogP contribution is -2.01. The van der Waals surface area contributed by atoms with Crippen LogP contribution < -0.4 is 0 Å². The molecule has 0 nitrogen and oxygen atoms in total. The Balaban J connectivity index is 1.34. The average molecular weight is 385 g/mol. The Bertz CT molecular complexity index is 1200. The molecule has 0 aliphatic heterocycles. The van der Waals surface area contributed by atoms with Gasteiger partial charge in [-0.25, -0.2) is 0 Å². The SMILES string of the molecule is C1=C(c2ccccc2)c2ccccc2C1CCC1c2ccccc2-c2ccccc21. The van der Waals surface area contributed by atoms with Crippen LogP contribution in [0.3, 0.4) is 0 Å². The first-order valence-corrected chi connectivity index (χ1v) is 10.9. The summed E-state index contributed by atoms with van der Waals surface area (Å²) in [7, 11) is 0. The molecular weight excluding hydrogens is 360 g/mol. The molecule has 0 N–H and O–H groups in total. The van der Waals surface area contributed by atoms with Gasteiger partial charge in [-0.2, -0.15) is 0 Å². The van der Waals surface area contributed by atoms with Crippen molar-refractivity contribution in [3.05, 3.63) is 137 Å². The molecule has 1 unspecified atom stereocenters. The van der Waals surface area contributed by atoms with E-state index in [1.807, 2.05) is 0 Å². The van der Waals surface area contributed by atoms with Crippen molar-refractivity contribution in [2.45, 2.75) is 24.7 Å². The zero-order chi connectivity index (χ0) is 19.9. The minimum absolute atomic E-state index is 0.483. The van der Waals surface area contributed by atoms with Gasteiger partial charge in [-0.1, -0.05) is 109 Å². The van der Waals surface area contributed by atoms with Crippen LogP contribution in [0.2, 0.25) is 0 Å². The van der Waals surface area contributed by atoms with Gasteiger partial charge in [-0.05, 0) is 57.4 Å². The Kier molecular flexibility index (Phi) is 4.16. The average Bonchev–Trinajstić information content (AvgIpc) is 3.34. The van der Waals surface area contributed by atoms with Gasteiger partial charge < -0.3 is 0 Å². The van der Waals surface area contributed by atoms with Crippen molar-refractivity contribution in [3.8, 4) is 11.1 Å². The Hall–Kier alpha value is -3.38. The molecule has 2 aliphatic rings. The standard InChI is InChI=1S/C30H24/c1-2-10-21(11-3-1)30-20-22(23-12-4-5-13-24(23)30)18-19-29-27-16-8-6-14-25(27)26-15-7-9-17-28(26)29/h1-17,20,22,29H,18-19H2. The van der Waals surface area contributed by atoms with Crippen LogP contribution in [0, 0.1) is 0 Å². The van der Waals surface area contributed by atoms with Crippen LogP contribution >= 0.6 is 0 Å². The van der Waals surface area contributed by atoms with E-state index >= 15 is 0 Å². The molecule has 2 aliphatic carbocycles. The van der Waals surface area contributed by atoms with Crippen molar-refractivity contribution in [2.75, 3.05) is 0 Å². The van der Waals surface area contributed by atoms with Crippen LogP contribution in [-0.2, 0) is 0 Å². The lowest BCUT2D eigenvalue weighted by Gasteiger charge is -2.17. The lowest BCUT2D eigenvalue weighted by atomic mass is 9.87. The van der Waals surface area contributed by atoms with E-state index in [0.29, 0.717) is 11.8 Å². The summed E-state index contributed by atoms with van der Waals surface area (Å²) < 4.78 is 0. The van der Waals surface area contributed by atoms with Gasteiger partial charge in [0.1, 0.15) is 0 Å². The predicted molar refractivity (Wildman–Crippen MR) is 126 cm³/mol. The highest BCUT2D eigenvalue weighted by Gasteiger charge is 2.30. The molecule has 4 aromatic rings. The molecule has 6 rings (SSSR count). The van der Waals surface area contributed by atoms with Gasteiger partial charge >= 0.3 is 0 Å². The number of benzene rings is 4. The monoisotopic (exact) mass is 384 g/mol. The molecule has 30 heavy (non-hydrogen) atoms. The predicted octanol–water partition coefficient (Wildman–Crippen LogP) is 7.81. The van der Waals surface area contributed by atoms with Gasteiger partial charge in [0.2, 0.25) is 0 Å². The van der Waals surface area contributed by atoms with Gasteiger partial charge in [0, 0.05) is 11.8 Å². The van der Waals surface area contributed by atoms with Crippen molar-refractivity contribution in [2.24, 2.45) is 0 Å². The minimum atomic E-state index is 0.483. The third-order valence-corrected chi connectivity index (χ3v) is 6.83. The Morgan fingerprint density at radius 3 is 1.67 bits per heavy atom. The fraction of sp³-hybridized carbons (Fsp3) is 0.133. The van der Waals surface area contributed by atoms with Gasteiger partial charge in [0.15, 0.2) is 0 Å². The van der Waals surface area contributed by atoms with Gasteiger partial charge in [0.25, 0.3) is 0 Å². The molecule has 0 amide bonds. The summed E-state index contributed by atoms with van der Waals surface area (Å²) in [5.41, 5.74) is 11.4. The topological polar surface area (TPSA) is 0 Å². The highest BCUT2D eigenvalue weighted by Crippen LogP contribution is 2.49. The summed E-state index contributed by atoms with van der Waals surface area (Å²) in [5.74, 6) is 0.982. The maximum Gasteiger partial charge on any atom is 0.0102 e. The second kappa shape index (κ2) is 7.15. The van der Waals surface area contributed by atoms with E-state index in [2.05, 4.69) is 109 Å². The maximum absolute atomic E-state index is 2.51. The normalized spacial score (nSPS) is 16.7. The first-order valence-electron chi connectivity index (χ1n) is 10.9. The molecule has 0 heterocycles. The second-order valence-electron chi connectivity index (χ2n) is 8.44. The first kappa shape index (κ1) is 17.5. The first-order chi connectivity index (χ1) is 14.9. The summed E-state index contributed by atoms with van der Waals surface area (Å²) in [5, 5.41) is 0. The highest BCUT2D eigenvalue weighted by molar-refractivity contribution is 5.85. The summed E-state index contributed by atoms with van der Waals surface area (Å²) in [6, 6.07) is 37.7. The van der Waals surface area contributed by atoms with Crippen molar-refractivity contribution >= 4 is 5.57 Å². The Morgan fingerprint density at radius 2 is 1.00 bits per heavy atom. The van der Waals surface area contributed by atoms with E-state index < -0.39 is 0 Å². The molecule has 0 fully saturated rings. The molecule has 0 aromatic heterocycles. The second-order valence-corrected chi connectivity index (χ2v) is 8.44. The van der Waals surface area contributed by atoms with Gasteiger partial charge in [-0.3, -0.25) is 0 Å². The van der Waals surface area contributed by atoms with Crippen molar-refractivity contribution in [3.63, 3.8) is 0 Å². The minimum Gasteiger partial charge on any atom is -0.0685 e. The van der Waals surface area contributed by atoms with E-state index in [9.17, 15) is 0 Å². The van der Waals surface area contributed by atoms with Crippen molar-refractivity contribution in [1.29, 1.82) is 0 Å². The molecule has 0 radical (unpaired) electrons. The van der Waals surface area contributed by atoms with E-state index in [1.165, 1.54) is 57.4 Å². The van der Waals surface area contributed by atoms with E-state index in [4.69, 9.17) is 0 Å². The molecular formula is C30H24. The van der Waals surface area contributed by atoms with Crippen LogP contribution in [0.25, 0.3) is 16.7 Å². The smallest absolute Gasteiger partial charge is 0.0102 e. The number of hydrogen-bond acceptors (Lipinski definition) is 0. The largest absolute Gasteiger partial charge is 0.0685 e. The molecule has 0 saturated heterocycles. The Labute approximate surface area is 178 Å². The number of hydrogen-bond donors (Lipinski definition) is 0. The van der Waals surface area contributed by atoms with Crippen LogP contribution in [0.4, 0.5) is 0 Å². The molecule has 0 saturated carbocycles. The summed E-state index contributed by atoms with van der Waals surface area (Å²) in [6.07, 6.45) is 4.85. The summed E-state index contributed by atoms with van der Waals surface area (Å²) in [6.45, 7) is 0. The van der Waals surface area contributed by atoms with Crippen molar-refractivity contribution < 1.29 is 0 Å². The molecule has 0 heteroatoms. The quantitative estimate of drug-likeness (QED) is 0.336. The fourth-order valence-electron chi connectivity index (χ4n) is 5.47. The van der Waals surface area contributed by atoms with Crippen LogP contribution in [-0.4, -0.2) is 0 Å². The van der Waals surface area contributed by atoms with E-state index in [1.54, 1.807) is 0 Å². The molecule has 1 atom stereocenters. The highest BCUT2D eigenvalue weighted by atomic mass is 14.3. The number of allylic oxidation sites excluding steroid dienone is 1. The molecule has 0 bridgehead atoms. The number of fused-ring (bicyclic) bond motifs is 4. The van der Waals surface area contributed by atoms with Crippen LogP contribution in [0.5, 0.6) is 0 Å². The number of rotatable bonds is 4. The zero-order valence-corrected chi connectivity index (χ0v) is 17.0. The Morgan fingerprint density at radius 1 is 0.467 bits per heavy atom. The molecule has 0 spiro atoms. The summed E-state index contributed by atoms with van der Waals surface area (Å²) in [4.78, 5) is 0. The van der Waals surface area contributed by atoms with Crippen LogP contribution in [0.15, 0.2) is 109 Å². The van der Waals surface area contributed by atoms with Crippen molar-refractivity contribution in [1.82, 2.24) is 0 Å². The van der Waals surface area contributed by atoms with E-state index in [-0.39, 0.29) is 0 Å². The lowest BCUT2D eigenvalue weighted by molar-refractivity contribution is 0.634. The zero-order valence-electron chi connectivity index (χ0n) is 17.0. The third kappa shape index (κ3) is 2.75. The van der Waals surface area contributed by atoms with E-state index in [0.717, 1.165) is 0 Å². The van der Waals surface area contributed by atoms with Crippen LogP contribution in [0.1, 0.15) is 52.5 Å². The van der Waals surface area contributed by atoms with Gasteiger partial charge in [-0.15, -0.1) is 0 Å². The third-order valence-electron chi connectivity index (χ3n) is 6.83. The van der Waals surface area contributed by atoms with Gasteiger partial charge in [0.05, 0.1) is 0 Å². The molecule has 4 aromatic carbocycles. The fourth-order valence-corrected chi connectivity index (χ4v) is 5.47. The summed E-state index contributed by atoms with van der Waals surface area (Å²) >= 11 is 0. The maximum atomic E-state index is 2.51. The molecule has 144 valence electrons.